The summed E-state index contributed by atoms with van der Waals surface area (Å²) in [6.45, 7) is 0.780. The molecule has 0 unspecified atom stereocenters. The Morgan fingerprint density at radius 2 is 1.95 bits per heavy atom. The van der Waals surface area contributed by atoms with E-state index in [1.54, 1.807) is 0 Å². The van der Waals surface area contributed by atoms with E-state index in [4.69, 9.17) is 18.0 Å². The lowest BCUT2D eigenvalue weighted by Gasteiger charge is -2.16. The highest BCUT2D eigenvalue weighted by atomic mass is 32.1. The van der Waals surface area contributed by atoms with Crippen molar-refractivity contribution in [2.45, 2.75) is 31.9 Å². The van der Waals surface area contributed by atoms with E-state index in [1.165, 1.54) is 37.8 Å². The lowest BCUT2D eigenvalue weighted by atomic mass is 10.0. The number of nitrogens with two attached hydrogens (primary N) is 1. The Balaban J connectivity index is 2.15. The minimum absolute atomic E-state index is 0.121. The Hall–Kier alpha value is -1.30. The molecule has 0 radical (unpaired) electrons. The van der Waals surface area contributed by atoms with Crippen molar-refractivity contribution in [2.24, 2.45) is 11.7 Å². The van der Waals surface area contributed by atoms with Crippen LogP contribution >= 0.6 is 12.2 Å². The molecule has 20 heavy (non-hydrogen) atoms. The lowest BCUT2D eigenvalue weighted by molar-refractivity contribution is -0.137. The third kappa shape index (κ3) is 3.62. The number of hydrogen-bond acceptors (Lipinski definition) is 2. The molecular weight excluding hydrogens is 285 g/mol. The van der Waals surface area contributed by atoms with Crippen LogP contribution in [0.5, 0.6) is 0 Å². The highest BCUT2D eigenvalue weighted by molar-refractivity contribution is 7.80. The number of hydrogen-bond donors (Lipinski definition) is 2. The number of anilines is 1. The third-order valence-electron chi connectivity index (χ3n) is 3.66. The van der Waals surface area contributed by atoms with Gasteiger partial charge in [0.1, 0.15) is 4.99 Å². The van der Waals surface area contributed by atoms with Crippen LogP contribution < -0.4 is 11.1 Å². The molecule has 0 saturated heterocycles. The maximum Gasteiger partial charge on any atom is 0.417 e. The number of benzene rings is 1. The largest absolute Gasteiger partial charge is 0.417 e. The molecule has 1 saturated carbocycles. The Morgan fingerprint density at radius 1 is 1.30 bits per heavy atom. The number of halogens is 3. The summed E-state index contributed by atoms with van der Waals surface area (Å²) < 4.78 is 38.5. The molecule has 0 heterocycles. The molecule has 3 N–H and O–H groups in total. The van der Waals surface area contributed by atoms with E-state index in [-0.39, 0.29) is 10.6 Å². The maximum atomic E-state index is 12.8. The summed E-state index contributed by atoms with van der Waals surface area (Å²) in [5.74, 6) is 0.602. The Labute approximate surface area is 121 Å². The molecule has 0 aliphatic heterocycles. The standard InChI is InChI=1S/C14H17F3N2S/c15-14(16,17)12-6-5-10(7-11(12)13(18)20)19-8-9-3-1-2-4-9/h5-7,9,19H,1-4,8H2,(H2,18,20). The molecule has 1 aromatic rings. The predicted molar refractivity (Wildman–Crippen MR) is 77.8 cm³/mol. The zero-order valence-electron chi connectivity index (χ0n) is 11.0. The van der Waals surface area contributed by atoms with Gasteiger partial charge in [-0.3, -0.25) is 0 Å². The predicted octanol–water partition coefficient (Wildman–Crippen LogP) is 3.94. The Bertz CT molecular complexity index is 494. The summed E-state index contributed by atoms with van der Waals surface area (Å²) in [6.07, 6.45) is 0.378. The fraction of sp³-hybridized carbons (Fsp3) is 0.500. The highest BCUT2D eigenvalue weighted by Crippen LogP contribution is 2.33. The normalized spacial score (nSPS) is 16.4. The maximum absolute atomic E-state index is 12.8. The van der Waals surface area contributed by atoms with Crippen LogP contribution in [0.15, 0.2) is 18.2 Å². The van der Waals surface area contributed by atoms with Crippen molar-refractivity contribution in [3.05, 3.63) is 29.3 Å². The molecule has 0 bridgehead atoms. The first-order valence-electron chi connectivity index (χ1n) is 6.63. The number of alkyl halides is 3. The van der Waals surface area contributed by atoms with Crippen molar-refractivity contribution in [2.75, 3.05) is 11.9 Å². The van der Waals surface area contributed by atoms with Crippen molar-refractivity contribution >= 4 is 22.9 Å². The topological polar surface area (TPSA) is 38.0 Å². The molecule has 110 valence electrons. The lowest BCUT2D eigenvalue weighted by Crippen LogP contribution is -2.19. The second-order valence-electron chi connectivity index (χ2n) is 5.15. The van der Waals surface area contributed by atoms with Crippen LogP contribution in [0, 0.1) is 5.92 Å². The number of nitrogens with one attached hydrogen (secondary N) is 1. The molecule has 1 aliphatic carbocycles. The summed E-state index contributed by atoms with van der Waals surface area (Å²) in [5.41, 5.74) is 5.13. The molecular formula is C14H17F3N2S. The average Bonchev–Trinajstić information content (AvgIpc) is 2.88. The molecule has 6 heteroatoms. The van der Waals surface area contributed by atoms with Crippen molar-refractivity contribution in [3.8, 4) is 0 Å². The van der Waals surface area contributed by atoms with Gasteiger partial charge in [-0.1, -0.05) is 25.1 Å². The number of thiocarbonyl (C=S) groups is 1. The van der Waals surface area contributed by atoms with Crippen LogP contribution in [0.4, 0.5) is 18.9 Å². The van der Waals surface area contributed by atoms with Crippen molar-refractivity contribution in [1.29, 1.82) is 0 Å². The smallest absolute Gasteiger partial charge is 0.389 e. The number of rotatable bonds is 4. The SMILES string of the molecule is NC(=S)c1cc(NCC2CCCC2)ccc1C(F)(F)F. The molecule has 0 aromatic heterocycles. The van der Waals surface area contributed by atoms with E-state index in [2.05, 4.69) is 5.32 Å². The van der Waals surface area contributed by atoms with Gasteiger partial charge in [-0.2, -0.15) is 13.2 Å². The monoisotopic (exact) mass is 302 g/mol. The molecule has 2 nitrogen and oxygen atoms in total. The quantitative estimate of drug-likeness (QED) is 0.827. The Kier molecular flexibility index (Phi) is 4.52. The van der Waals surface area contributed by atoms with Gasteiger partial charge >= 0.3 is 6.18 Å². The zero-order chi connectivity index (χ0) is 14.8. The molecule has 1 fully saturated rings. The van der Waals surface area contributed by atoms with Gasteiger partial charge < -0.3 is 11.1 Å². The van der Waals surface area contributed by atoms with Gasteiger partial charge in [0.2, 0.25) is 0 Å². The van der Waals surface area contributed by atoms with Crippen LogP contribution in [0.2, 0.25) is 0 Å². The van der Waals surface area contributed by atoms with Gasteiger partial charge in [-0.25, -0.2) is 0 Å². The summed E-state index contributed by atoms with van der Waals surface area (Å²) in [4.78, 5) is -0.234. The van der Waals surface area contributed by atoms with Crippen LogP contribution in [-0.2, 0) is 6.18 Å². The van der Waals surface area contributed by atoms with E-state index in [0.29, 0.717) is 11.6 Å². The molecule has 0 atom stereocenters. The van der Waals surface area contributed by atoms with E-state index < -0.39 is 11.7 Å². The Morgan fingerprint density at radius 3 is 2.50 bits per heavy atom. The molecule has 1 aliphatic rings. The van der Waals surface area contributed by atoms with E-state index >= 15 is 0 Å². The van der Waals surface area contributed by atoms with Crippen molar-refractivity contribution in [1.82, 2.24) is 0 Å². The van der Waals surface area contributed by atoms with Gasteiger partial charge in [0.15, 0.2) is 0 Å². The summed E-state index contributed by atoms with van der Waals surface area (Å²) in [5, 5.41) is 3.18. The van der Waals surface area contributed by atoms with Crippen LogP contribution in [0.25, 0.3) is 0 Å². The fourth-order valence-corrected chi connectivity index (χ4v) is 2.75. The van der Waals surface area contributed by atoms with Gasteiger partial charge in [0, 0.05) is 17.8 Å². The first-order chi connectivity index (χ1) is 9.38. The highest BCUT2D eigenvalue weighted by Gasteiger charge is 2.34. The van der Waals surface area contributed by atoms with Crippen molar-refractivity contribution < 1.29 is 13.2 Å². The van der Waals surface area contributed by atoms with Crippen LogP contribution in [0.1, 0.15) is 36.8 Å². The minimum Gasteiger partial charge on any atom is -0.389 e. The van der Waals surface area contributed by atoms with Crippen LogP contribution in [-0.4, -0.2) is 11.5 Å². The van der Waals surface area contributed by atoms with Crippen LogP contribution in [0.3, 0.4) is 0 Å². The zero-order valence-corrected chi connectivity index (χ0v) is 11.8. The van der Waals surface area contributed by atoms with Gasteiger partial charge in [0.05, 0.1) is 5.56 Å². The molecule has 2 rings (SSSR count). The van der Waals surface area contributed by atoms with Gasteiger partial charge in [-0.05, 0) is 37.0 Å². The second-order valence-corrected chi connectivity index (χ2v) is 5.59. The first kappa shape index (κ1) is 15.1. The second kappa shape index (κ2) is 5.99. The van der Waals surface area contributed by atoms with Crippen molar-refractivity contribution in [3.63, 3.8) is 0 Å². The van der Waals surface area contributed by atoms with E-state index in [1.807, 2.05) is 0 Å². The molecule has 1 aromatic carbocycles. The molecule has 0 spiro atoms. The third-order valence-corrected chi connectivity index (χ3v) is 3.88. The van der Waals surface area contributed by atoms with Gasteiger partial charge in [0.25, 0.3) is 0 Å². The minimum atomic E-state index is -4.44. The van der Waals surface area contributed by atoms with Gasteiger partial charge in [-0.15, -0.1) is 0 Å². The summed E-state index contributed by atoms with van der Waals surface area (Å²) in [7, 11) is 0. The summed E-state index contributed by atoms with van der Waals surface area (Å²) >= 11 is 4.72. The fourth-order valence-electron chi connectivity index (χ4n) is 2.58. The summed E-state index contributed by atoms with van der Waals surface area (Å²) in [6, 6.07) is 3.85. The van der Waals surface area contributed by atoms with E-state index in [9.17, 15) is 13.2 Å². The first-order valence-corrected chi connectivity index (χ1v) is 7.03. The molecule has 0 amide bonds. The van der Waals surface area contributed by atoms with E-state index in [0.717, 1.165) is 12.6 Å². The average molecular weight is 302 g/mol.